The maximum Gasteiger partial charge on any atom is 0.312 e. The molecule has 2 N–H and O–H groups in total. The zero-order valence-corrected chi connectivity index (χ0v) is 10.7. The van der Waals surface area contributed by atoms with Crippen LogP contribution in [0.15, 0.2) is 0 Å². The maximum absolute atomic E-state index is 11.9. The summed E-state index contributed by atoms with van der Waals surface area (Å²) in [6, 6.07) is 0. The summed E-state index contributed by atoms with van der Waals surface area (Å²) in [4.78, 5) is 11.9. The number of carbonyl (C=O) groups is 1. The molecular formula is C12H25NO2. The van der Waals surface area contributed by atoms with Gasteiger partial charge in [-0.05, 0) is 25.2 Å². The van der Waals surface area contributed by atoms with E-state index in [9.17, 15) is 4.79 Å². The molecule has 0 amide bonds. The first-order valence-electron chi connectivity index (χ1n) is 5.72. The molecule has 0 saturated heterocycles. The molecule has 0 aliphatic carbocycles. The Morgan fingerprint density at radius 2 is 1.87 bits per heavy atom. The first kappa shape index (κ1) is 14.4. The monoisotopic (exact) mass is 215 g/mol. The summed E-state index contributed by atoms with van der Waals surface area (Å²) in [6.07, 6.45) is 0.855. The van der Waals surface area contributed by atoms with Crippen LogP contribution in [0.25, 0.3) is 0 Å². The molecule has 15 heavy (non-hydrogen) atoms. The minimum atomic E-state index is -0.386. The highest BCUT2D eigenvalue weighted by molar-refractivity contribution is 5.76. The van der Waals surface area contributed by atoms with Crippen LogP contribution in [0.2, 0.25) is 0 Å². The van der Waals surface area contributed by atoms with Crippen LogP contribution in [0.1, 0.15) is 41.0 Å². The summed E-state index contributed by atoms with van der Waals surface area (Å²) in [7, 11) is 0. The van der Waals surface area contributed by atoms with Crippen LogP contribution in [0, 0.1) is 17.3 Å². The largest absolute Gasteiger partial charge is 0.464 e. The van der Waals surface area contributed by atoms with E-state index < -0.39 is 0 Å². The Kier molecular flexibility index (Phi) is 5.88. The lowest BCUT2D eigenvalue weighted by atomic mass is 9.73. The Bertz CT molecular complexity index is 202. The van der Waals surface area contributed by atoms with Crippen molar-refractivity contribution >= 4 is 5.97 Å². The van der Waals surface area contributed by atoms with Crippen LogP contribution in [0.4, 0.5) is 0 Å². The van der Waals surface area contributed by atoms with E-state index in [1.807, 2.05) is 6.92 Å². The Balaban J connectivity index is 4.55. The molecule has 0 rings (SSSR count). The summed E-state index contributed by atoms with van der Waals surface area (Å²) < 4.78 is 5.15. The molecule has 0 aliphatic rings. The first-order chi connectivity index (χ1) is 6.84. The van der Waals surface area contributed by atoms with Crippen LogP contribution < -0.4 is 5.73 Å². The number of hydrogen-bond acceptors (Lipinski definition) is 3. The third kappa shape index (κ3) is 4.20. The van der Waals surface area contributed by atoms with Crippen molar-refractivity contribution in [3.63, 3.8) is 0 Å². The van der Waals surface area contributed by atoms with Crippen molar-refractivity contribution in [2.75, 3.05) is 13.2 Å². The summed E-state index contributed by atoms with van der Waals surface area (Å²) >= 11 is 0. The normalized spacial score (nSPS) is 15.5. The van der Waals surface area contributed by atoms with Crippen molar-refractivity contribution < 1.29 is 9.53 Å². The van der Waals surface area contributed by atoms with Crippen molar-refractivity contribution in [1.29, 1.82) is 0 Å². The molecular weight excluding hydrogens is 190 g/mol. The second-order valence-corrected chi connectivity index (χ2v) is 5.09. The van der Waals surface area contributed by atoms with E-state index in [2.05, 4.69) is 27.7 Å². The topological polar surface area (TPSA) is 52.3 Å². The van der Waals surface area contributed by atoms with Gasteiger partial charge in [-0.25, -0.2) is 0 Å². The molecule has 0 aliphatic heterocycles. The number of ether oxygens (including phenoxy) is 1. The third-order valence-electron chi connectivity index (χ3n) is 2.92. The molecule has 1 unspecified atom stereocenters. The molecule has 3 heteroatoms. The van der Waals surface area contributed by atoms with E-state index >= 15 is 0 Å². The minimum absolute atomic E-state index is 0.114. The Morgan fingerprint density at radius 1 is 1.33 bits per heavy atom. The predicted molar refractivity (Wildman–Crippen MR) is 62.4 cm³/mol. The van der Waals surface area contributed by atoms with E-state index in [1.165, 1.54) is 0 Å². The summed E-state index contributed by atoms with van der Waals surface area (Å²) in [5, 5.41) is 0. The number of hydrogen-bond donors (Lipinski definition) is 1. The number of rotatable bonds is 6. The molecule has 0 aromatic heterocycles. The molecule has 0 radical (unpaired) electrons. The van der Waals surface area contributed by atoms with Crippen molar-refractivity contribution in [2.45, 2.75) is 41.0 Å². The highest BCUT2D eigenvalue weighted by Gasteiger charge is 2.38. The van der Waals surface area contributed by atoms with Crippen molar-refractivity contribution in [3.05, 3.63) is 0 Å². The molecule has 0 aromatic carbocycles. The first-order valence-corrected chi connectivity index (χ1v) is 5.72. The van der Waals surface area contributed by atoms with Crippen LogP contribution in [-0.4, -0.2) is 19.1 Å². The average molecular weight is 215 g/mol. The smallest absolute Gasteiger partial charge is 0.312 e. The van der Waals surface area contributed by atoms with Gasteiger partial charge < -0.3 is 10.5 Å². The predicted octanol–water partition coefficient (Wildman–Crippen LogP) is 2.20. The molecule has 0 heterocycles. The van der Waals surface area contributed by atoms with E-state index in [0.29, 0.717) is 19.1 Å². The van der Waals surface area contributed by atoms with Crippen LogP contribution in [-0.2, 0) is 9.53 Å². The fraction of sp³-hybridized carbons (Fsp3) is 0.917. The van der Waals surface area contributed by atoms with Gasteiger partial charge in [0.05, 0.1) is 5.41 Å². The van der Waals surface area contributed by atoms with Crippen molar-refractivity contribution in [2.24, 2.45) is 23.0 Å². The summed E-state index contributed by atoms with van der Waals surface area (Å²) in [5.74, 6) is 0.657. The quantitative estimate of drug-likeness (QED) is 0.691. The number of carbonyl (C=O) groups excluding carboxylic acids is 1. The van der Waals surface area contributed by atoms with Gasteiger partial charge in [-0.1, -0.05) is 27.7 Å². The lowest BCUT2D eigenvalue weighted by Gasteiger charge is -2.32. The van der Waals surface area contributed by atoms with Crippen LogP contribution >= 0.6 is 0 Å². The molecule has 0 bridgehead atoms. The van der Waals surface area contributed by atoms with Gasteiger partial charge in [0.1, 0.15) is 6.61 Å². The van der Waals surface area contributed by atoms with Crippen LogP contribution in [0.5, 0.6) is 0 Å². The lowest BCUT2D eigenvalue weighted by Crippen LogP contribution is -2.37. The van der Waals surface area contributed by atoms with Gasteiger partial charge >= 0.3 is 5.97 Å². The molecule has 3 nitrogen and oxygen atoms in total. The second kappa shape index (κ2) is 6.11. The highest BCUT2D eigenvalue weighted by Crippen LogP contribution is 2.35. The SMILES string of the molecule is CC(C)CC(C)(C(=O)OCCN)C(C)C. The zero-order chi connectivity index (χ0) is 12.1. The molecule has 90 valence electrons. The Hall–Kier alpha value is -0.570. The van der Waals surface area contributed by atoms with Gasteiger partial charge in [-0.15, -0.1) is 0 Å². The Labute approximate surface area is 93.4 Å². The highest BCUT2D eigenvalue weighted by atomic mass is 16.5. The standard InChI is InChI=1S/C12H25NO2/c1-9(2)8-12(5,10(3)4)11(14)15-7-6-13/h9-10H,6-8,13H2,1-5H3. The van der Waals surface area contributed by atoms with Gasteiger partial charge in [0.25, 0.3) is 0 Å². The molecule has 0 fully saturated rings. The Morgan fingerprint density at radius 3 is 2.20 bits per heavy atom. The average Bonchev–Trinajstić information content (AvgIpc) is 2.12. The van der Waals surface area contributed by atoms with Gasteiger partial charge in [0.15, 0.2) is 0 Å². The molecule has 0 saturated carbocycles. The van der Waals surface area contributed by atoms with Gasteiger partial charge in [-0.2, -0.15) is 0 Å². The minimum Gasteiger partial charge on any atom is -0.464 e. The van der Waals surface area contributed by atoms with Gasteiger partial charge in [0, 0.05) is 6.54 Å². The van der Waals surface area contributed by atoms with Crippen molar-refractivity contribution in [1.82, 2.24) is 0 Å². The van der Waals surface area contributed by atoms with E-state index in [0.717, 1.165) is 6.42 Å². The zero-order valence-electron chi connectivity index (χ0n) is 10.7. The van der Waals surface area contributed by atoms with E-state index in [-0.39, 0.29) is 17.3 Å². The van der Waals surface area contributed by atoms with E-state index in [1.54, 1.807) is 0 Å². The van der Waals surface area contributed by atoms with Gasteiger partial charge in [-0.3, -0.25) is 4.79 Å². The van der Waals surface area contributed by atoms with Crippen LogP contribution in [0.3, 0.4) is 0 Å². The third-order valence-corrected chi connectivity index (χ3v) is 2.92. The maximum atomic E-state index is 11.9. The number of esters is 1. The van der Waals surface area contributed by atoms with Gasteiger partial charge in [0.2, 0.25) is 0 Å². The molecule has 0 aromatic rings. The second-order valence-electron chi connectivity index (χ2n) is 5.09. The fourth-order valence-corrected chi connectivity index (χ4v) is 1.72. The summed E-state index contributed by atoms with van der Waals surface area (Å²) in [5.41, 5.74) is 4.93. The van der Waals surface area contributed by atoms with Crippen molar-refractivity contribution in [3.8, 4) is 0 Å². The van der Waals surface area contributed by atoms with E-state index in [4.69, 9.17) is 10.5 Å². The number of nitrogens with two attached hydrogens (primary N) is 1. The fourth-order valence-electron chi connectivity index (χ4n) is 1.72. The summed E-state index contributed by atoms with van der Waals surface area (Å²) in [6.45, 7) is 11.1. The molecule has 1 atom stereocenters. The lowest BCUT2D eigenvalue weighted by molar-refractivity contribution is -0.158. The molecule has 0 spiro atoms.